The van der Waals surface area contributed by atoms with Gasteiger partial charge in [-0.25, -0.2) is 0 Å². The number of benzene rings is 4. The van der Waals surface area contributed by atoms with Gasteiger partial charge in [-0.2, -0.15) is 0 Å². The van der Waals surface area contributed by atoms with E-state index in [-0.39, 0.29) is 11.9 Å². The molecule has 6 rings (SSSR count). The molecule has 0 bridgehead atoms. The van der Waals surface area contributed by atoms with Gasteiger partial charge in [-0.1, -0.05) is 60.7 Å². The van der Waals surface area contributed by atoms with Crippen molar-refractivity contribution in [1.82, 2.24) is 0 Å². The van der Waals surface area contributed by atoms with E-state index in [9.17, 15) is 4.79 Å². The van der Waals surface area contributed by atoms with Crippen LogP contribution in [0.2, 0.25) is 0 Å². The van der Waals surface area contributed by atoms with E-state index >= 15 is 0 Å². The van der Waals surface area contributed by atoms with Crippen LogP contribution in [0.15, 0.2) is 84.9 Å². The van der Waals surface area contributed by atoms with Gasteiger partial charge in [0, 0.05) is 22.1 Å². The highest BCUT2D eigenvalue weighted by molar-refractivity contribution is 6.25. The fourth-order valence-corrected chi connectivity index (χ4v) is 4.36. The van der Waals surface area contributed by atoms with Gasteiger partial charge in [-0.3, -0.25) is 9.69 Å². The fraction of sp³-hybridized carbons (Fsp3) is 0.0417. The number of para-hydroxylation sites is 2. The van der Waals surface area contributed by atoms with Crippen molar-refractivity contribution >= 4 is 22.4 Å². The summed E-state index contributed by atoms with van der Waals surface area (Å²) < 4.78 is 6.11. The minimum Gasteiger partial charge on any atom is -0.457 e. The molecule has 3 nitrogen and oxygen atoms in total. The molecule has 0 radical (unpaired) electrons. The second-order valence-corrected chi connectivity index (χ2v) is 6.94. The van der Waals surface area contributed by atoms with Crippen LogP contribution in [-0.4, -0.2) is 5.91 Å². The molecule has 3 heteroatoms. The highest BCUT2D eigenvalue weighted by Gasteiger charge is 2.40. The van der Waals surface area contributed by atoms with Gasteiger partial charge in [-0.05, 0) is 29.7 Å². The molecular formula is C24H15NO2. The SMILES string of the molecule is O=C1c2cccc3cccc(c23)N1C1c2ccccc2Oc2ccccc21. The Balaban J connectivity index is 1.65. The molecule has 4 aromatic carbocycles. The summed E-state index contributed by atoms with van der Waals surface area (Å²) in [4.78, 5) is 15.4. The summed E-state index contributed by atoms with van der Waals surface area (Å²) in [5.41, 5.74) is 3.75. The molecule has 0 spiro atoms. The number of hydrogen-bond donors (Lipinski definition) is 0. The third-order valence-corrected chi connectivity index (χ3v) is 5.50. The van der Waals surface area contributed by atoms with Crippen molar-refractivity contribution in [2.45, 2.75) is 6.04 Å². The predicted octanol–water partition coefficient (Wildman–Crippen LogP) is 5.70. The Labute approximate surface area is 156 Å². The lowest BCUT2D eigenvalue weighted by molar-refractivity contribution is 0.0986. The van der Waals surface area contributed by atoms with Crippen LogP contribution < -0.4 is 9.64 Å². The molecule has 1 amide bonds. The van der Waals surface area contributed by atoms with Crippen molar-refractivity contribution in [2.24, 2.45) is 0 Å². The Morgan fingerprint density at radius 2 is 1.33 bits per heavy atom. The topological polar surface area (TPSA) is 29.5 Å². The van der Waals surface area contributed by atoms with E-state index in [2.05, 4.69) is 12.1 Å². The zero-order chi connectivity index (χ0) is 18.0. The Bertz CT molecular complexity index is 1190. The first-order valence-electron chi connectivity index (χ1n) is 9.04. The maximum Gasteiger partial charge on any atom is 0.259 e. The summed E-state index contributed by atoms with van der Waals surface area (Å²) in [6.45, 7) is 0. The van der Waals surface area contributed by atoms with Gasteiger partial charge in [0.05, 0.1) is 11.7 Å². The number of hydrogen-bond acceptors (Lipinski definition) is 2. The van der Waals surface area contributed by atoms with Crippen LogP contribution in [0.25, 0.3) is 10.8 Å². The van der Waals surface area contributed by atoms with Crippen molar-refractivity contribution in [2.75, 3.05) is 4.90 Å². The Morgan fingerprint density at radius 1 is 0.704 bits per heavy atom. The number of fused-ring (bicyclic) bond motifs is 2. The number of nitrogens with zero attached hydrogens (tertiary/aromatic N) is 1. The van der Waals surface area contributed by atoms with Crippen LogP contribution in [0.1, 0.15) is 27.5 Å². The highest BCUT2D eigenvalue weighted by atomic mass is 16.5. The monoisotopic (exact) mass is 349 g/mol. The smallest absolute Gasteiger partial charge is 0.259 e. The van der Waals surface area contributed by atoms with Gasteiger partial charge < -0.3 is 4.74 Å². The average molecular weight is 349 g/mol. The molecule has 0 atom stereocenters. The van der Waals surface area contributed by atoms with Gasteiger partial charge in [0.2, 0.25) is 0 Å². The second-order valence-electron chi connectivity index (χ2n) is 6.94. The van der Waals surface area contributed by atoms with E-state index in [1.165, 1.54) is 0 Å². The number of carbonyl (C=O) groups is 1. The maximum absolute atomic E-state index is 13.5. The molecule has 0 aliphatic carbocycles. The lowest BCUT2D eigenvalue weighted by Gasteiger charge is -2.35. The van der Waals surface area contributed by atoms with Crippen molar-refractivity contribution in [3.63, 3.8) is 0 Å². The van der Waals surface area contributed by atoms with Crippen molar-refractivity contribution < 1.29 is 9.53 Å². The standard InChI is InChI=1S/C24H15NO2/c26-24-18-11-5-7-15-8-6-12-19(22(15)18)25(24)23-16-9-1-3-13-20(16)27-21-14-4-2-10-17(21)23/h1-14,23H. The van der Waals surface area contributed by atoms with Gasteiger partial charge in [-0.15, -0.1) is 0 Å². The molecule has 0 N–H and O–H groups in total. The van der Waals surface area contributed by atoms with Crippen LogP contribution in [0.5, 0.6) is 11.5 Å². The molecule has 2 heterocycles. The summed E-state index contributed by atoms with van der Waals surface area (Å²) >= 11 is 0. The molecule has 0 fully saturated rings. The summed E-state index contributed by atoms with van der Waals surface area (Å²) in [6, 6.07) is 27.8. The van der Waals surface area contributed by atoms with E-state index in [0.29, 0.717) is 0 Å². The molecule has 0 saturated carbocycles. The summed E-state index contributed by atoms with van der Waals surface area (Å²) in [5.74, 6) is 1.65. The van der Waals surface area contributed by atoms with Crippen molar-refractivity contribution in [3.05, 3.63) is 102 Å². The minimum absolute atomic E-state index is 0.0401. The third-order valence-electron chi connectivity index (χ3n) is 5.50. The molecule has 2 aliphatic heterocycles. The molecule has 2 aliphatic rings. The zero-order valence-electron chi connectivity index (χ0n) is 14.4. The molecule has 4 aromatic rings. The first-order valence-corrected chi connectivity index (χ1v) is 9.04. The van der Waals surface area contributed by atoms with Gasteiger partial charge in [0.25, 0.3) is 5.91 Å². The van der Waals surface area contributed by atoms with Crippen LogP contribution in [0, 0.1) is 0 Å². The number of anilines is 1. The zero-order valence-corrected chi connectivity index (χ0v) is 14.4. The number of rotatable bonds is 1. The third kappa shape index (κ3) is 1.88. The summed E-state index contributed by atoms with van der Waals surface area (Å²) in [6.07, 6.45) is 0. The number of ether oxygens (including phenoxy) is 1. The first kappa shape index (κ1) is 14.6. The molecule has 0 aromatic heterocycles. The molecule has 0 unspecified atom stereocenters. The second kappa shape index (κ2) is 5.21. The van der Waals surface area contributed by atoms with Gasteiger partial charge >= 0.3 is 0 Å². The van der Waals surface area contributed by atoms with E-state index in [4.69, 9.17) is 4.74 Å². The molecule has 128 valence electrons. The largest absolute Gasteiger partial charge is 0.457 e. The van der Waals surface area contributed by atoms with Crippen molar-refractivity contribution in [3.8, 4) is 11.5 Å². The quantitative estimate of drug-likeness (QED) is 0.441. The Morgan fingerprint density at radius 3 is 2.04 bits per heavy atom. The Kier molecular flexibility index (Phi) is 2.81. The molecule has 0 saturated heterocycles. The highest BCUT2D eigenvalue weighted by Crippen LogP contribution is 2.50. The average Bonchev–Trinajstić information content (AvgIpc) is 3.00. The van der Waals surface area contributed by atoms with E-state index in [0.717, 1.165) is 44.6 Å². The maximum atomic E-state index is 13.5. The van der Waals surface area contributed by atoms with Gasteiger partial charge in [0.1, 0.15) is 11.5 Å². The summed E-state index contributed by atoms with van der Waals surface area (Å²) in [5, 5.41) is 2.13. The summed E-state index contributed by atoms with van der Waals surface area (Å²) in [7, 11) is 0. The number of carbonyl (C=O) groups excluding carboxylic acids is 1. The van der Waals surface area contributed by atoms with E-state index < -0.39 is 0 Å². The van der Waals surface area contributed by atoms with Gasteiger partial charge in [0.15, 0.2) is 0 Å². The molecule has 27 heavy (non-hydrogen) atoms. The lowest BCUT2D eigenvalue weighted by atomic mass is 9.93. The van der Waals surface area contributed by atoms with Crippen LogP contribution in [0.4, 0.5) is 5.69 Å². The van der Waals surface area contributed by atoms with Crippen LogP contribution in [-0.2, 0) is 0 Å². The fourth-order valence-electron chi connectivity index (χ4n) is 4.36. The lowest BCUT2D eigenvalue weighted by Crippen LogP contribution is -2.34. The predicted molar refractivity (Wildman–Crippen MR) is 106 cm³/mol. The number of amides is 1. The van der Waals surface area contributed by atoms with Crippen LogP contribution >= 0.6 is 0 Å². The van der Waals surface area contributed by atoms with Crippen molar-refractivity contribution in [1.29, 1.82) is 0 Å². The van der Waals surface area contributed by atoms with E-state index in [1.807, 2.05) is 77.7 Å². The van der Waals surface area contributed by atoms with Crippen LogP contribution in [0.3, 0.4) is 0 Å². The first-order chi connectivity index (χ1) is 13.3. The van der Waals surface area contributed by atoms with E-state index in [1.54, 1.807) is 0 Å². The Hall–Kier alpha value is -3.59. The molecular weight excluding hydrogens is 334 g/mol. The normalized spacial score (nSPS) is 14.8. The minimum atomic E-state index is -0.211.